The number of amides is 1. The molecule has 0 aliphatic rings. The van der Waals surface area contributed by atoms with E-state index in [-0.39, 0.29) is 12.5 Å². The van der Waals surface area contributed by atoms with Crippen molar-refractivity contribution in [3.05, 3.63) is 0 Å². The summed E-state index contributed by atoms with van der Waals surface area (Å²) < 4.78 is 2.26. The first-order chi connectivity index (χ1) is 3.72. The minimum Gasteiger partial charge on any atom is -0.394 e. The normalized spacial score (nSPS) is 12.9. The molecule has 0 aromatic carbocycles. The van der Waals surface area contributed by atoms with Crippen molar-refractivity contribution in [2.75, 3.05) is 6.61 Å². The van der Waals surface area contributed by atoms with Crippen molar-refractivity contribution in [2.24, 2.45) is 5.73 Å². The summed E-state index contributed by atoms with van der Waals surface area (Å²) in [6, 6.07) is -0.785. The Morgan fingerprint density at radius 1 is 2.00 bits per heavy atom. The number of halogens is 1. The Morgan fingerprint density at radius 3 is 2.62 bits per heavy atom. The number of carbonyl (C=O) groups excluding carboxylic acids is 1. The minimum atomic E-state index is -0.785. The predicted octanol–water partition coefficient (Wildman–Crippen LogP) is -1.23. The lowest BCUT2D eigenvalue weighted by atomic mass is 10.3. The molecule has 5 heteroatoms. The van der Waals surface area contributed by atoms with Gasteiger partial charge >= 0.3 is 0 Å². The number of nitrogens with one attached hydrogen (secondary N) is 1. The molecule has 0 aromatic heterocycles. The topological polar surface area (TPSA) is 75.3 Å². The molecular weight excluding hydrogens is 223 g/mol. The van der Waals surface area contributed by atoms with Crippen molar-refractivity contribution < 1.29 is 9.90 Å². The summed E-state index contributed by atoms with van der Waals surface area (Å²) in [5.41, 5.74) is 5.06. The van der Waals surface area contributed by atoms with Gasteiger partial charge in [-0.2, -0.15) is 0 Å². The summed E-state index contributed by atoms with van der Waals surface area (Å²) in [5.74, 6) is -0.354. The van der Waals surface area contributed by atoms with Crippen LogP contribution in [0.5, 0.6) is 0 Å². The highest BCUT2D eigenvalue weighted by Crippen LogP contribution is 1.78. The van der Waals surface area contributed by atoms with Crippen LogP contribution >= 0.6 is 22.9 Å². The first-order valence-electron chi connectivity index (χ1n) is 1.99. The van der Waals surface area contributed by atoms with E-state index in [4.69, 9.17) is 10.8 Å². The highest BCUT2D eigenvalue weighted by atomic mass is 127. The standard InChI is InChI=1S/C3H7IN2O2/c4-6-3(8)2(5)1-7/h2,7H,1,5H2,(H,6,8)/t2-/m0/s1. The van der Waals surface area contributed by atoms with Crippen LogP contribution in [0.2, 0.25) is 0 Å². The van der Waals surface area contributed by atoms with Gasteiger partial charge in [-0.25, -0.2) is 0 Å². The molecule has 4 nitrogen and oxygen atoms in total. The van der Waals surface area contributed by atoms with Crippen LogP contribution in [0.25, 0.3) is 0 Å². The van der Waals surface area contributed by atoms with Crippen LogP contribution in [0.3, 0.4) is 0 Å². The highest BCUT2D eigenvalue weighted by Gasteiger charge is 2.08. The molecule has 0 heterocycles. The van der Waals surface area contributed by atoms with Gasteiger partial charge in [0.1, 0.15) is 6.04 Å². The van der Waals surface area contributed by atoms with Gasteiger partial charge in [0.15, 0.2) is 0 Å². The molecule has 8 heavy (non-hydrogen) atoms. The molecule has 0 bridgehead atoms. The molecule has 0 rings (SSSR count). The molecule has 0 spiro atoms. The van der Waals surface area contributed by atoms with Gasteiger partial charge in [0.25, 0.3) is 0 Å². The molecule has 0 saturated heterocycles. The van der Waals surface area contributed by atoms with E-state index in [0.29, 0.717) is 0 Å². The van der Waals surface area contributed by atoms with Gasteiger partial charge in [0.05, 0.1) is 29.5 Å². The number of carbonyl (C=O) groups is 1. The SMILES string of the molecule is N[C@@H](CO)C(=O)NI. The lowest BCUT2D eigenvalue weighted by Gasteiger charge is -2.02. The van der Waals surface area contributed by atoms with E-state index in [1.165, 1.54) is 0 Å². The second-order valence-electron chi connectivity index (χ2n) is 1.25. The third kappa shape index (κ3) is 2.43. The van der Waals surface area contributed by atoms with Crippen LogP contribution in [-0.2, 0) is 4.79 Å². The molecule has 0 radical (unpaired) electrons. The van der Waals surface area contributed by atoms with Crippen molar-refractivity contribution in [3.63, 3.8) is 0 Å². The first-order valence-corrected chi connectivity index (χ1v) is 3.07. The Hall–Kier alpha value is 0.120. The zero-order chi connectivity index (χ0) is 6.57. The Morgan fingerprint density at radius 2 is 2.50 bits per heavy atom. The van der Waals surface area contributed by atoms with Crippen molar-refractivity contribution >= 4 is 28.8 Å². The fourth-order valence-corrected chi connectivity index (χ4v) is 0.553. The average molecular weight is 230 g/mol. The first kappa shape index (κ1) is 8.12. The second-order valence-corrected chi connectivity index (χ2v) is 1.79. The molecule has 0 aliphatic carbocycles. The van der Waals surface area contributed by atoms with E-state index < -0.39 is 6.04 Å². The molecule has 4 N–H and O–H groups in total. The number of aliphatic hydroxyl groups is 1. The molecular formula is C3H7IN2O2. The summed E-state index contributed by atoms with van der Waals surface area (Å²) in [6.45, 7) is -0.311. The van der Waals surface area contributed by atoms with Crippen LogP contribution in [0.15, 0.2) is 0 Å². The third-order valence-corrected chi connectivity index (χ3v) is 1.16. The van der Waals surface area contributed by atoms with Crippen LogP contribution in [0.4, 0.5) is 0 Å². The van der Waals surface area contributed by atoms with E-state index in [1.54, 1.807) is 22.9 Å². The monoisotopic (exact) mass is 230 g/mol. The van der Waals surface area contributed by atoms with Gasteiger partial charge < -0.3 is 10.8 Å². The lowest BCUT2D eigenvalue weighted by molar-refractivity contribution is -0.120. The van der Waals surface area contributed by atoms with Gasteiger partial charge in [-0.15, -0.1) is 0 Å². The van der Waals surface area contributed by atoms with Crippen molar-refractivity contribution in [1.82, 2.24) is 3.53 Å². The molecule has 0 aliphatic heterocycles. The number of nitrogens with two attached hydrogens (primary N) is 1. The predicted molar refractivity (Wildman–Crippen MR) is 37.2 cm³/mol. The summed E-state index contributed by atoms with van der Waals surface area (Å²) in [7, 11) is 0. The fourth-order valence-electron chi connectivity index (χ4n) is 0.153. The smallest absolute Gasteiger partial charge is 0.247 e. The second kappa shape index (κ2) is 4.04. The van der Waals surface area contributed by atoms with Crippen LogP contribution < -0.4 is 9.26 Å². The average Bonchev–Trinajstić information content (AvgIpc) is 1.84. The quantitative estimate of drug-likeness (QED) is 0.410. The van der Waals surface area contributed by atoms with Crippen molar-refractivity contribution in [2.45, 2.75) is 6.04 Å². The largest absolute Gasteiger partial charge is 0.394 e. The van der Waals surface area contributed by atoms with Gasteiger partial charge in [0.2, 0.25) is 5.91 Å². The summed E-state index contributed by atoms with van der Waals surface area (Å²) in [6.07, 6.45) is 0. The van der Waals surface area contributed by atoms with E-state index in [9.17, 15) is 4.79 Å². The molecule has 0 fully saturated rings. The molecule has 1 amide bonds. The van der Waals surface area contributed by atoms with E-state index in [2.05, 4.69) is 3.53 Å². The third-order valence-electron chi connectivity index (χ3n) is 0.627. The maximum absolute atomic E-state index is 10.3. The molecule has 48 valence electrons. The molecule has 1 atom stereocenters. The van der Waals surface area contributed by atoms with Crippen molar-refractivity contribution in [1.29, 1.82) is 0 Å². The molecule has 0 saturated carbocycles. The zero-order valence-corrected chi connectivity index (χ0v) is 6.25. The minimum absolute atomic E-state index is 0.311. The number of hydrogen-bond acceptors (Lipinski definition) is 3. The summed E-state index contributed by atoms with van der Waals surface area (Å²) >= 11 is 1.66. The molecule has 0 aromatic rings. The van der Waals surface area contributed by atoms with E-state index in [1.807, 2.05) is 0 Å². The number of rotatable bonds is 2. The van der Waals surface area contributed by atoms with Crippen molar-refractivity contribution in [3.8, 4) is 0 Å². The zero-order valence-electron chi connectivity index (χ0n) is 4.10. The van der Waals surface area contributed by atoms with Crippen LogP contribution in [-0.4, -0.2) is 23.7 Å². The van der Waals surface area contributed by atoms with Crippen LogP contribution in [0, 0.1) is 0 Å². The van der Waals surface area contributed by atoms with Gasteiger partial charge in [-0.05, 0) is 0 Å². The highest BCUT2D eigenvalue weighted by molar-refractivity contribution is 14.1. The van der Waals surface area contributed by atoms with Crippen LogP contribution in [0.1, 0.15) is 0 Å². The lowest BCUT2D eigenvalue weighted by Crippen LogP contribution is -2.39. The summed E-state index contributed by atoms with van der Waals surface area (Å²) in [5, 5.41) is 8.25. The Labute approximate surface area is 60.9 Å². The van der Waals surface area contributed by atoms with Gasteiger partial charge in [-0.1, -0.05) is 0 Å². The Balaban J connectivity index is 3.46. The summed E-state index contributed by atoms with van der Waals surface area (Å²) in [4.78, 5) is 10.3. The van der Waals surface area contributed by atoms with E-state index >= 15 is 0 Å². The van der Waals surface area contributed by atoms with Gasteiger partial charge in [-0.3, -0.25) is 8.32 Å². The van der Waals surface area contributed by atoms with E-state index in [0.717, 1.165) is 0 Å². The maximum Gasteiger partial charge on any atom is 0.247 e. The Kier molecular flexibility index (Phi) is 4.11. The Bertz CT molecular complexity index is 87.4. The fraction of sp³-hybridized carbons (Fsp3) is 0.667. The molecule has 0 unspecified atom stereocenters. The van der Waals surface area contributed by atoms with Gasteiger partial charge in [0, 0.05) is 0 Å². The number of hydrogen-bond donors (Lipinski definition) is 3. The number of aliphatic hydroxyl groups excluding tert-OH is 1. The maximum atomic E-state index is 10.3.